The van der Waals surface area contributed by atoms with E-state index in [0.717, 1.165) is 37.3 Å². The van der Waals surface area contributed by atoms with Crippen LogP contribution in [0, 0.1) is 0 Å². The fourth-order valence-electron chi connectivity index (χ4n) is 3.48. The predicted molar refractivity (Wildman–Crippen MR) is 121 cm³/mol. The van der Waals surface area contributed by atoms with Gasteiger partial charge < -0.3 is 45.4 Å². The normalized spacial score (nSPS) is 10.1. The van der Waals surface area contributed by atoms with Crippen LogP contribution in [0.5, 0.6) is 0 Å². The quantitative estimate of drug-likeness (QED) is 0.244. The van der Waals surface area contributed by atoms with Crippen molar-refractivity contribution in [1.29, 1.82) is 0 Å². The van der Waals surface area contributed by atoms with Crippen LogP contribution in [0.15, 0.2) is 97.6 Å². The summed E-state index contributed by atoms with van der Waals surface area (Å²) in [5.41, 5.74) is 18.4. The number of benzene rings is 2. The van der Waals surface area contributed by atoms with E-state index in [2.05, 4.69) is 57.7 Å². The van der Waals surface area contributed by atoms with Crippen LogP contribution >= 0.6 is 0 Å². The Balaban J connectivity index is 0.00000181. The number of nitrogens with two attached hydrogens (primary N) is 2. The summed E-state index contributed by atoms with van der Waals surface area (Å²) < 4.78 is 4.27. The molecular formula is C26H28Br2N4. The number of hydrogen-bond acceptors (Lipinski definition) is 2. The summed E-state index contributed by atoms with van der Waals surface area (Å²) in [4.78, 5) is 0. The van der Waals surface area contributed by atoms with Gasteiger partial charge in [0.1, 0.15) is 0 Å². The van der Waals surface area contributed by atoms with Crippen LogP contribution in [0.25, 0.3) is 0 Å². The topological polar surface area (TPSA) is 59.8 Å². The van der Waals surface area contributed by atoms with Crippen molar-refractivity contribution in [2.45, 2.75) is 25.9 Å². The molecule has 0 aliphatic rings. The highest BCUT2D eigenvalue weighted by Crippen LogP contribution is 2.11. The molecule has 2 aromatic heterocycles. The average Bonchev–Trinajstić information content (AvgIpc) is 2.77. The zero-order valence-corrected chi connectivity index (χ0v) is 21.0. The van der Waals surface area contributed by atoms with Crippen molar-refractivity contribution in [3.05, 3.63) is 120 Å². The van der Waals surface area contributed by atoms with Gasteiger partial charge in [0.05, 0.1) is 0 Å². The molecule has 32 heavy (non-hydrogen) atoms. The van der Waals surface area contributed by atoms with E-state index < -0.39 is 0 Å². The lowest BCUT2D eigenvalue weighted by atomic mass is 10.0. The average molecular weight is 556 g/mol. The minimum Gasteiger partial charge on any atom is -1.00 e. The van der Waals surface area contributed by atoms with Crippen molar-refractivity contribution in [3.8, 4) is 0 Å². The Labute approximate surface area is 211 Å². The molecular weight excluding hydrogens is 528 g/mol. The molecule has 0 aliphatic carbocycles. The third-order valence-corrected chi connectivity index (χ3v) is 5.31. The molecule has 0 spiro atoms. The summed E-state index contributed by atoms with van der Waals surface area (Å²) in [5, 5.41) is 0. The Morgan fingerprint density at radius 2 is 0.719 bits per heavy atom. The van der Waals surface area contributed by atoms with Gasteiger partial charge in [-0.15, -0.1) is 0 Å². The number of nitrogens with zero attached hydrogens (tertiary/aromatic N) is 2. The molecule has 4 nitrogen and oxygen atoms in total. The number of rotatable bonds is 7. The zero-order valence-electron chi connectivity index (χ0n) is 17.9. The number of nitrogen functional groups attached to an aromatic ring is 2. The van der Waals surface area contributed by atoms with E-state index in [0.29, 0.717) is 0 Å². The van der Waals surface area contributed by atoms with Gasteiger partial charge in [-0.3, -0.25) is 0 Å². The Bertz CT molecular complexity index is 988. The zero-order chi connectivity index (χ0) is 20.8. The molecule has 0 saturated carbocycles. The van der Waals surface area contributed by atoms with E-state index in [1.165, 1.54) is 22.3 Å². The van der Waals surface area contributed by atoms with Crippen LogP contribution in [0.1, 0.15) is 22.3 Å². The van der Waals surface area contributed by atoms with E-state index in [-0.39, 0.29) is 34.0 Å². The second kappa shape index (κ2) is 12.4. The lowest BCUT2D eigenvalue weighted by molar-refractivity contribution is -0.688. The first kappa shape index (κ1) is 25.6. The van der Waals surface area contributed by atoms with Gasteiger partial charge in [0, 0.05) is 46.8 Å². The molecule has 0 unspecified atom stereocenters. The lowest BCUT2D eigenvalue weighted by Gasteiger charge is -2.05. The third kappa shape index (κ3) is 7.46. The second-order valence-electron chi connectivity index (χ2n) is 7.74. The first-order valence-electron chi connectivity index (χ1n) is 10.3. The van der Waals surface area contributed by atoms with E-state index >= 15 is 0 Å². The molecule has 6 heteroatoms. The summed E-state index contributed by atoms with van der Waals surface area (Å²) in [6.45, 7) is 1.71. The minimum atomic E-state index is 0. The Morgan fingerprint density at radius 3 is 1.03 bits per heavy atom. The van der Waals surface area contributed by atoms with Crippen molar-refractivity contribution >= 4 is 11.4 Å². The van der Waals surface area contributed by atoms with Crippen molar-refractivity contribution < 1.29 is 43.1 Å². The molecule has 2 heterocycles. The highest BCUT2D eigenvalue weighted by Gasteiger charge is 2.05. The standard InChI is InChI=1S/C26H26N4.2BrH/c27-25-11-15-29(16-12-25)19-23-7-3-21(4-8-23)1-2-22-5-9-24(10-6-22)20-30-17-13-26(28)14-18-30;;/h3-18,27-28H,1-2,19-20H2;2*1H. The summed E-state index contributed by atoms with van der Waals surface area (Å²) in [6, 6.07) is 25.5. The maximum Gasteiger partial charge on any atom is 0.173 e. The molecule has 2 aromatic carbocycles. The number of halogens is 2. The van der Waals surface area contributed by atoms with Crippen LogP contribution in [-0.4, -0.2) is 0 Å². The number of anilines is 2. The lowest BCUT2D eigenvalue weighted by Crippen LogP contribution is -3.00. The van der Waals surface area contributed by atoms with Crippen molar-refractivity contribution in [2.75, 3.05) is 11.5 Å². The summed E-state index contributed by atoms with van der Waals surface area (Å²) in [5.74, 6) is 0. The molecule has 0 radical (unpaired) electrons. The number of pyridine rings is 2. The maximum absolute atomic E-state index is 5.75. The maximum atomic E-state index is 5.75. The van der Waals surface area contributed by atoms with Crippen molar-refractivity contribution in [1.82, 2.24) is 0 Å². The molecule has 4 N–H and O–H groups in total. The van der Waals surface area contributed by atoms with Crippen LogP contribution < -0.4 is 54.6 Å². The third-order valence-electron chi connectivity index (χ3n) is 5.31. The molecule has 0 atom stereocenters. The summed E-state index contributed by atoms with van der Waals surface area (Å²) in [7, 11) is 0. The van der Waals surface area contributed by atoms with Gasteiger partial charge in [-0.25, -0.2) is 9.13 Å². The van der Waals surface area contributed by atoms with E-state index in [4.69, 9.17) is 11.5 Å². The fraction of sp³-hybridized carbons (Fsp3) is 0.154. The van der Waals surface area contributed by atoms with Crippen LogP contribution in [0.2, 0.25) is 0 Å². The Kier molecular flexibility index (Phi) is 9.88. The molecule has 0 bridgehead atoms. The van der Waals surface area contributed by atoms with Gasteiger partial charge in [0.2, 0.25) is 0 Å². The number of aromatic nitrogens is 2. The summed E-state index contributed by atoms with van der Waals surface area (Å²) in [6.07, 6.45) is 10.1. The van der Waals surface area contributed by atoms with E-state index in [9.17, 15) is 0 Å². The first-order chi connectivity index (χ1) is 14.6. The summed E-state index contributed by atoms with van der Waals surface area (Å²) >= 11 is 0. The van der Waals surface area contributed by atoms with Crippen LogP contribution in [0.3, 0.4) is 0 Å². The number of aryl methyl sites for hydroxylation is 2. The first-order valence-corrected chi connectivity index (χ1v) is 10.3. The molecule has 0 aliphatic heterocycles. The fourth-order valence-corrected chi connectivity index (χ4v) is 3.48. The smallest absolute Gasteiger partial charge is 0.173 e. The minimum absolute atomic E-state index is 0. The highest BCUT2D eigenvalue weighted by molar-refractivity contribution is 5.33. The molecule has 166 valence electrons. The number of hydrogen-bond donors (Lipinski definition) is 2. The van der Waals surface area contributed by atoms with Gasteiger partial charge in [-0.1, -0.05) is 48.5 Å². The Morgan fingerprint density at radius 1 is 0.438 bits per heavy atom. The molecule has 0 saturated heterocycles. The Hall–Kier alpha value is -2.70. The van der Waals surface area contributed by atoms with Crippen LogP contribution in [0.4, 0.5) is 11.4 Å². The van der Waals surface area contributed by atoms with Gasteiger partial charge in [0.15, 0.2) is 37.9 Å². The SMILES string of the molecule is Nc1cc[n+](Cc2ccc(CCc3ccc(C[n+]4ccc(N)cc4)cc3)cc2)cc1.[Br-].[Br-]. The molecule has 0 amide bonds. The predicted octanol–water partition coefficient (Wildman–Crippen LogP) is -2.68. The monoisotopic (exact) mass is 554 g/mol. The van der Waals surface area contributed by atoms with Crippen LogP contribution in [-0.2, 0) is 25.9 Å². The highest BCUT2D eigenvalue weighted by atomic mass is 79.9. The largest absolute Gasteiger partial charge is 1.00 e. The molecule has 0 fully saturated rings. The molecule has 4 aromatic rings. The van der Waals surface area contributed by atoms with Gasteiger partial charge in [-0.05, 0) is 24.0 Å². The molecule has 4 rings (SSSR count). The van der Waals surface area contributed by atoms with Gasteiger partial charge >= 0.3 is 0 Å². The van der Waals surface area contributed by atoms with Gasteiger partial charge in [0.25, 0.3) is 0 Å². The van der Waals surface area contributed by atoms with E-state index in [1.807, 2.05) is 49.1 Å². The van der Waals surface area contributed by atoms with Crippen molar-refractivity contribution in [2.24, 2.45) is 0 Å². The second-order valence-corrected chi connectivity index (χ2v) is 7.74. The van der Waals surface area contributed by atoms with E-state index in [1.54, 1.807) is 0 Å². The van der Waals surface area contributed by atoms with Gasteiger partial charge in [-0.2, -0.15) is 0 Å². The van der Waals surface area contributed by atoms with Crippen molar-refractivity contribution in [3.63, 3.8) is 0 Å².